The fourth-order valence-corrected chi connectivity index (χ4v) is 4.18. The van der Waals surface area contributed by atoms with Gasteiger partial charge in [0.05, 0.1) is 18.5 Å². The highest BCUT2D eigenvalue weighted by Crippen LogP contribution is 2.38. The Balaban J connectivity index is 1.46. The fourth-order valence-electron chi connectivity index (χ4n) is 4.18. The normalized spacial score (nSPS) is 25.3. The van der Waals surface area contributed by atoms with Crippen molar-refractivity contribution in [2.45, 2.75) is 25.3 Å². The van der Waals surface area contributed by atoms with E-state index in [0.29, 0.717) is 35.7 Å². The number of alkyl halides is 1. The molecule has 0 radical (unpaired) electrons. The van der Waals surface area contributed by atoms with Crippen molar-refractivity contribution >= 4 is 22.8 Å². The van der Waals surface area contributed by atoms with Crippen LogP contribution in [0.2, 0.25) is 0 Å². The molecule has 2 aliphatic rings. The summed E-state index contributed by atoms with van der Waals surface area (Å²) in [6, 6.07) is 1.80. The number of hydrogen-bond acceptors (Lipinski definition) is 4. The minimum absolute atomic E-state index is 0.0182. The average molecular weight is 345 g/mol. The average Bonchev–Trinajstić information content (AvgIpc) is 3.30. The number of amides is 2. The number of aromatic nitrogens is 3. The van der Waals surface area contributed by atoms with Crippen LogP contribution in [0.15, 0.2) is 18.6 Å². The molecule has 7 nitrogen and oxygen atoms in total. The van der Waals surface area contributed by atoms with E-state index in [-0.39, 0.29) is 30.2 Å². The lowest BCUT2D eigenvalue weighted by molar-refractivity contribution is -0.130. The van der Waals surface area contributed by atoms with E-state index in [4.69, 9.17) is 0 Å². The second kappa shape index (κ2) is 6.42. The smallest absolute Gasteiger partial charge is 0.270 e. The second-order valence-corrected chi connectivity index (χ2v) is 6.78. The van der Waals surface area contributed by atoms with Gasteiger partial charge in [-0.3, -0.25) is 14.0 Å². The molecule has 3 atom stereocenters. The van der Waals surface area contributed by atoms with Crippen LogP contribution in [0.25, 0.3) is 11.0 Å². The molecule has 3 unspecified atom stereocenters. The fraction of sp³-hybridized carbons (Fsp3) is 0.529. The molecular formula is C17H20FN5O2. The zero-order chi connectivity index (χ0) is 17.4. The highest BCUT2D eigenvalue weighted by Gasteiger charge is 2.44. The molecule has 8 heteroatoms. The first-order valence-corrected chi connectivity index (χ1v) is 8.60. The molecule has 2 aromatic rings. The Labute approximate surface area is 144 Å². The molecule has 0 spiro atoms. The van der Waals surface area contributed by atoms with E-state index in [2.05, 4.69) is 20.3 Å². The summed E-state index contributed by atoms with van der Waals surface area (Å²) < 4.78 is 12.4. The van der Waals surface area contributed by atoms with Crippen molar-refractivity contribution in [2.24, 2.45) is 11.8 Å². The summed E-state index contributed by atoms with van der Waals surface area (Å²) in [6.07, 6.45) is 4.92. The van der Waals surface area contributed by atoms with Gasteiger partial charge in [0, 0.05) is 31.2 Å². The molecule has 1 saturated carbocycles. The lowest BCUT2D eigenvalue weighted by atomic mass is 9.97. The number of likely N-dealkylation sites (tertiary alicyclic amines) is 1. The third kappa shape index (κ3) is 2.85. The van der Waals surface area contributed by atoms with Crippen LogP contribution in [0.1, 0.15) is 29.8 Å². The molecule has 1 aliphatic heterocycles. The van der Waals surface area contributed by atoms with Crippen LogP contribution in [-0.2, 0) is 4.79 Å². The largest absolute Gasteiger partial charge is 0.348 e. The van der Waals surface area contributed by atoms with Crippen molar-refractivity contribution in [3.63, 3.8) is 0 Å². The molecule has 25 heavy (non-hydrogen) atoms. The standard InChI is InChI=1S/C17H20FN5O2/c18-5-3-14(24)23-7-10-1-2-13(12(10)8-23)22-17(25)15-11-4-6-19-16(11)21-9-20-15/h4,6,9-10,12-13H,1-3,5,7-8H2,(H,22,25)(H,19,20,21). The number of carbonyl (C=O) groups excluding carboxylic acids is 2. The molecule has 1 aliphatic carbocycles. The monoisotopic (exact) mass is 345 g/mol. The lowest BCUT2D eigenvalue weighted by Crippen LogP contribution is -2.40. The summed E-state index contributed by atoms with van der Waals surface area (Å²) in [7, 11) is 0. The minimum atomic E-state index is -0.620. The first-order valence-electron chi connectivity index (χ1n) is 8.60. The number of fused-ring (bicyclic) bond motifs is 2. The SMILES string of the molecule is O=C(NC1CCC2CN(C(=O)CCF)CC21)c1ncnc2[nH]ccc12. The summed E-state index contributed by atoms with van der Waals surface area (Å²) in [5.74, 6) is 0.264. The first kappa shape index (κ1) is 16.0. The number of rotatable bonds is 4. The third-order valence-corrected chi connectivity index (χ3v) is 5.40. The number of H-pyrrole nitrogens is 1. The van der Waals surface area contributed by atoms with Gasteiger partial charge in [0.2, 0.25) is 5.91 Å². The predicted octanol–water partition coefficient (Wildman–Crippen LogP) is 1.28. The van der Waals surface area contributed by atoms with Gasteiger partial charge >= 0.3 is 0 Å². The maximum atomic E-state index is 12.7. The summed E-state index contributed by atoms with van der Waals surface area (Å²) in [6.45, 7) is 0.647. The number of halogens is 1. The van der Waals surface area contributed by atoms with Gasteiger partial charge in [-0.1, -0.05) is 0 Å². The molecule has 132 valence electrons. The molecule has 2 aromatic heterocycles. The van der Waals surface area contributed by atoms with Crippen molar-refractivity contribution < 1.29 is 14.0 Å². The van der Waals surface area contributed by atoms with Gasteiger partial charge in [0.15, 0.2) is 0 Å². The zero-order valence-corrected chi connectivity index (χ0v) is 13.7. The van der Waals surface area contributed by atoms with Crippen LogP contribution in [0.5, 0.6) is 0 Å². The third-order valence-electron chi connectivity index (χ3n) is 5.40. The number of hydrogen-bond donors (Lipinski definition) is 2. The maximum absolute atomic E-state index is 12.7. The van der Waals surface area contributed by atoms with Gasteiger partial charge in [-0.25, -0.2) is 9.97 Å². The van der Waals surface area contributed by atoms with Gasteiger partial charge < -0.3 is 15.2 Å². The van der Waals surface area contributed by atoms with Crippen LogP contribution in [0.3, 0.4) is 0 Å². The molecule has 2 fully saturated rings. The molecular weight excluding hydrogens is 325 g/mol. The van der Waals surface area contributed by atoms with Crippen LogP contribution >= 0.6 is 0 Å². The Morgan fingerprint density at radius 1 is 1.32 bits per heavy atom. The Hall–Kier alpha value is -2.51. The first-order chi connectivity index (χ1) is 12.2. The van der Waals surface area contributed by atoms with Crippen molar-refractivity contribution in [3.8, 4) is 0 Å². The van der Waals surface area contributed by atoms with E-state index < -0.39 is 6.67 Å². The van der Waals surface area contributed by atoms with Gasteiger partial charge in [-0.2, -0.15) is 0 Å². The van der Waals surface area contributed by atoms with Gasteiger partial charge in [0.25, 0.3) is 5.91 Å². The molecule has 0 aromatic carbocycles. The second-order valence-electron chi connectivity index (χ2n) is 6.78. The quantitative estimate of drug-likeness (QED) is 0.873. The summed E-state index contributed by atoms with van der Waals surface area (Å²) >= 11 is 0. The highest BCUT2D eigenvalue weighted by molar-refractivity contribution is 6.03. The van der Waals surface area contributed by atoms with E-state index in [9.17, 15) is 14.0 Å². The summed E-state index contributed by atoms with van der Waals surface area (Å²) in [5.41, 5.74) is 0.992. The predicted molar refractivity (Wildman–Crippen MR) is 88.5 cm³/mol. The Bertz CT molecular complexity index is 807. The number of nitrogens with zero attached hydrogens (tertiary/aromatic N) is 3. The molecule has 0 bridgehead atoms. The lowest BCUT2D eigenvalue weighted by Gasteiger charge is -2.21. The number of carbonyl (C=O) groups is 2. The van der Waals surface area contributed by atoms with Gasteiger partial charge in [-0.15, -0.1) is 0 Å². The number of aromatic amines is 1. The van der Waals surface area contributed by atoms with E-state index in [1.54, 1.807) is 17.2 Å². The van der Waals surface area contributed by atoms with Crippen LogP contribution in [0.4, 0.5) is 4.39 Å². The van der Waals surface area contributed by atoms with Crippen LogP contribution in [0, 0.1) is 11.8 Å². The van der Waals surface area contributed by atoms with E-state index >= 15 is 0 Å². The van der Waals surface area contributed by atoms with Crippen molar-refractivity contribution in [1.29, 1.82) is 0 Å². The van der Waals surface area contributed by atoms with Crippen molar-refractivity contribution in [2.75, 3.05) is 19.8 Å². The van der Waals surface area contributed by atoms with Crippen LogP contribution in [-0.4, -0.2) is 57.5 Å². The molecule has 2 N–H and O–H groups in total. The summed E-state index contributed by atoms with van der Waals surface area (Å²) in [4.78, 5) is 37.5. The molecule has 2 amide bonds. The van der Waals surface area contributed by atoms with Gasteiger partial charge in [-0.05, 0) is 24.8 Å². The number of nitrogens with one attached hydrogen (secondary N) is 2. The molecule has 3 heterocycles. The van der Waals surface area contributed by atoms with Gasteiger partial charge in [0.1, 0.15) is 17.7 Å². The summed E-state index contributed by atoms with van der Waals surface area (Å²) in [5, 5.41) is 3.78. The Kier molecular flexibility index (Phi) is 4.10. The van der Waals surface area contributed by atoms with E-state index in [1.807, 2.05) is 0 Å². The van der Waals surface area contributed by atoms with Crippen molar-refractivity contribution in [3.05, 3.63) is 24.3 Å². The van der Waals surface area contributed by atoms with E-state index in [1.165, 1.54) is 6.33 Å². The Morgan fingerprint density at radius 3 is 3.04 bits per heavy atom. The molecule has 4 rings (SSSR count). The van der Waals surface area contributed by atoms with Crippen LogP contribution < -0.4 is 5.32 Å². The highest BCUT2D eigenvalue weighted by atomic mass is 19.1. The Morgan fingerprint density at radius 2 is 2.20 bits per heavy atom. The van der Waals surface area contributed by atoms with E-state index in [0.717, 1.165) is 12.8 Å². The van der Waals surface area contributed by atoms with Crippen molar-refractivity contribution in [1.82, 2.24) is 25.2 Å². The maximum Gasteiger partial charge on any atom is 0.270 e. The minimum Gasteiger partial charge on any atom is -0.348 e. The topological polar surface area (TPSA) is 91.0 Å². The molecule has 1 saturated heterocycles. The zero-order valence-electron chi connectivity index (χ0n) is 13.7.